The molecule has 1 aliphatic rings. The van der Waals surface area contributed by atoms with E-state index in [1.54, 1.807) is 0 Å². The molecule has 112 valence electrons. The van der Waals surface area contributed by atoms with E-state index in [-0.39, 0.29) is 18.1 Å². The number of ether oxygens (including phenoxy) is 1. The van der Waals surface area contributed by atoms with E-state index in [0.29, 0.717) is 5.92 Å². The fourth-order valence-corrected chi connectivity index (χ4v) is 2.60. The summed E-state index contributed by atoms with van der Waals surface area (Å²) in [6, 6.07) is 0.00800. The molecule has 0 saturated carbocycles. The predicted molar refractivity (Wildman–Crippen MR) is 77.9 cm³/mol. The molecule has 1 heterocycles. The Kier molecular flexibility index (Phi) is 7.39. The summed E-state index contributed by atoms with van der Waals surface area (Å²) >= 11 is 0. The maximum atomic E-state index is 12.5. The topological polar surface area (TPSA) is 41.6 Å². The van der Waals surface area contributed by atoms with Gasteiger partial charge in [0.25, 0.3) is 0 Å². The molecule has 3 atom stereocenters. The molecule has 3 unspecified atom stereocenters. The molecular weight excluding hydrogens is 240 g/mol. The van der Waals surface area contributed by atoms with Crippen molar-refractivity contribution >= 4 is 5.91 Å². The van der Waals surface area contributed by atoms with Crippen LogP contribution >= 0.6 is 0 Å². The van der Waals surface area contributed by atoms with Crippen molar-refractivity contribution < 1.29 is 9.53 Å². The highest BCUT2D eigenvalue weighted by Crippen LogP contribution is 2.21. The van der Waals surface area contributed by atoms with Crippen LogP contribution in [0.4, 0.5) is 0 Å². The highest BCUT2D eigenvalue weighted by atomic mass is 16.5. The van der Waals surface area contributed by atoms with Gasteiger partial charge in [-0.25, -0.2) is 0 Å². The van der Waals surface area contributed by atoms with E-state index in [0.717, 1.165) is 45.4 Å². The summed E-state index contributed by atoms with van der Waals surface area (Å²) in [5, 5.41) is 3.52. The maximum absolute atomic E-state index is 12.5. The summed E-state index contributed by atoms with van der Waals surface area (Å²) < 4.78 is 5.36. The van der Waals surface area contributed by atoms with Crippen LogP contribution in [0.1, 0.15) is 53.4 Å². The van der Waals surface area contributed by atoms with E-state index >= 15 is 0 Å². The molecule has 1 aliphatic heterocycles. The number of carbonyl (C=O) groups excluding carboxylic acids is 1. The van der Waals surface area contributed by atoms with Crippen molar-refractivity contribution in [3.8, 4) is 0 Å². The average molecular weight is 270 g/mol. The second-order valence-corrected chi connectivity index (χ2v) is 5.42. The van der Waals surface area contributed by atoms with E-state index in [9.17, 15) is 4.79 Å². The van der Waals surface area contributed by atoms with Gasteiger partial charge in [0.05, 0.1) is 12.2 Å². The molecule has 1 N–H and O–H groups in total. The van der Waals surface area contributed by atoms with Gasteiger partial charge >= 0.3 is 0 Å². The quantitative estimate of drug-likeness (QED) is 0.654. The molecule has 0 aromatic heterocycles. The van der Waals surface area contributed by atoms with E-state index in [1.165, 1.54) is 0 Å². The molecule has 0 aromatic carbocycles. The normalized spacial score (nSPS) is 25.1. The minimum atomic E-state index is 0.00800. The average Bonchev–Trinajstić information content (AvgIpc) is 2.72. The molecule has 0 bridgehead atoms. The zero-order chi connectivity index (χ0) is 14.3. The zero-order valence-electron chi connectivity index (χ0n) is 12.9. The minimum Gasteiger partial charge on any atom is -0.382 e. The third-order valence-electron chi connectivity index (χ3n) is 3.96. The second-order valence-electron chi connectivity index (χ2n) is 5.42. The first kappa shape index (κ1) is 16.4. The second kappa shape index (κ2) is 8.54. The lowest BCUT2D eigenvalue weighted by molar-refractivity contribution is -0.131. The lowest BCUT2D eigenvalue weighted by atomic mass is 9.99. The standard InChI is InChI=1S/C15H30N2O2/c1-5-9-13-16-14(12(4)6-2)15(18)17(13)10-8-11-19-7-3/h12-14,16H,5-11H2,1-4H3. The first-order chi connectivity index (χ1) is 9.15. The van der Waals surface area contributed by atoms with Crippen LogP contribution in [0.5, 0.6) is 0 Å². The van der Waals surface area contributed by atoms with Crippen LogP contribution in [0.15, 0.2) is 0 Å². The van der Waals surface area contributed by atoms with Gasteiger partial charge in [-0.2, -0.15) is 0 Å². The molecule has 1 rings (SSSR count). The van der Waals surface area contributed by atoms with Crippen molar-refractivity contribution in [2.24, 2.45) is 5.92 Å². The lowest BCUT2D eigenvalue weighted by Gasteiger charge is -2.23. The van der Waals surface area contributed by atoms with Crippen molar-refractivity contribution in [3.05, 3.63) is 0 Å². The fourth-order valence-electron chi connectivity index (χ4n) is 2.60. The Labute approximate surface area is 117 Å². The van der Waals surface area contributed by atoms with Gasteiger partial charge in [0.1, 0.15) is 0 Å². The molecule has 1 saturated heterocycles. The van der Waals surface area contributed by atoms with Gasteiger partial charge in [-0.15, -0.1) is 0 Å². The highest BCUT2D eigenvalue weighted by molar-refractivity contribution is 5.84. The van der Waals surface area contributed by atoms with Gasteiger partial charge in [0, 0.05) is 19.8 Å². The van der Waals surface area contributed by atoms with Gasteiger partial charge in [-0.1, -0.05) is 33.6 Å². The van der Waals surface area contributed by atoms with Crippen LogP contribution in [0, 0.1) is 5.92 Å². The Bertz CT molecular complexity index is 271. The number of amides is 1. The van der Waals surface area contributed by atoms with E-state index < -0.39 is 0 Å². The minimum absolute atomic E-state index is 0.00800. The number of hydrogen-bond donors (Lipinski definition) is 1. The van der Waals surface area contributed by atoms with E-state index in [1.807, 2.05) is 11.8 Å². The fraction of sp³-hybridized carbons (Fsp3) is 0.933. The van der Waals surface area contributed by atoms with Crippen molar-refractivity contribution in [1.82, 2.24) is 10.2 Å². The number of carbonyl (C=O) groups is 1. The van der Waals surface area contributed by atoms with Gasteiger partial charge in [-0.05, 0) is 25.7 Å². The van der Waals surface area contributed by atoms with Crippen LogP contribution < -0.4 is 5.32 Å². The summed E-state index contributed by atoms with van der Waals surface area (Å²) in [4.78, 5) is 14.5. The molecule has 19 heavy (non-hydrogen) atoms. The van der Waals surface area contributed by atoms with Gasteiger partial charge in [0.2, 0.25) is 5.91 Å². The summed E-state index contributed by atoms with van der Waals surface area (Å²) in [5.41, 5.74) is 0. The first-order valence-electron chi connectivity index (χ1n) is 7.79. The number of nitrogens with zero attached hydrogens (tertiary/aromatic N) is 1. The molecule has 4 heteroatoms. The van der Waals surface area contributed by atoms with Crippen molar-refractivity contribution in [3.63, 3.8) is 0 Å². The van der Waals surface area contributed by atoms with Crippen molar-refractivity contribution in [2.75, 3.05) is 19.8 Å². The number of nitrogens with one attached hydrogen (secondary N) is 1. The number of hydrogen-bond acceptors (Lipinski definition) is 3. The zero-order valence-corrected chi connectivity index (χ0v) is 12.9. The first-order valence-corrected chi connectivity index (χ1v) is 7.79. The Morgan fingerprint density at radius 3 is 2.68 bits per heavy atom. The van der Waals surface area contributed by atoms with Gasteiger partial charge < -0.3 is 9.64 Å². The largest absolute Gasteiger partial charge is 0.382 e. The van der Waals surface area contributed by atoms with Gasteiger partial charge in [-0.3, -0.25) is 10.1 Å². The highest BCUT2D eigenvalue weighted by Gasteiger charge is 2.39. The molecule has 4 nitrogen and oxygen atoms in total. The Balaban J connectivity index is 2.55. The Hall–Kier alpha value is -0.610. The van der Waals surface area contributed by atoms with Crippen molar-refractivity contribution in [2.45, 2.75) is 65.6 Å². The van der Waals surface area contributed by atoms with Gasteiger partial charge in [0.15, 0.2) is 0 Å². The van der Waals surface area contributed by atoms with Crippen LogP contribution in [0.25, 0.3) is 0 Å². The number of rotatable bonds is 9. The van der Waals surface area contributed by atoms with Crippen LogP contribution in [-0.4, -0.2) is 42.8 Å². The van der Waals surface area contributed by atoms with Crippen LogP contribution in [-0.2, 0) is 9.53 Å². The summed E-state index contributed by atoms with van der Waals surface area (Å²) in [7, 11) is 0. The maximum Gasteiger partial charge on any atom is 0.241 e. The third-order valence-corrected chi connectivity index (χ3v) is 3.96. The summed E-state index contributed by atoms with van der Waals surface area (Å²) in [6.07, 6.45) is 4.31. The molecule has 0 aromatic rings. The summed E-state index contributed by atoms with van der Waals surface area (Å²) in [6.45, 7) is 10.8. The predicted octanol–water partition coefficient (Wildman–Crippen LogP) is 2.39. The Morgan fingerprint density at radius 2 is 2.11 bits per heavy atom. The summed E-state index contributed by atoms with van der Waals surface area (Å²) in [5.74, 6) is 0.688. The van der Waals surface area contributed by atoms with Crippen LogP contribution in [0.3, 0.4) is 0 Å². The van der Waals surface area contributed by atoms with E-state index in [4.69, 9.17) is 4.74 Å². The molecule has 0 aliphatic carbocycles. The monoisotopic (exact) mass is 270 g/mol. The van der Waals surface area contributed by atoms with E-state index in [2.05, 4.69) is 26.1 Å². The molecular formula is C15H30N2O2. The molecule has 0 spiro atoms. The SMILES string of the molecule is CCCC1NC(C(C)CC)C(=O)N1CCCOCC. The van der Waals surface area contributed by atoms with Crippen LogP contribution in [0.2, 0.25) is 0 Å². The molecule has 1 fully saturated rings. The smallest absolute Gasteiger partial charge is 0.241 e. The molecule has 0 radical (unpaired) electrons. The lowest BCUT2D eigenvalue weighted by Crippen LogP contribution is -2.38. The Morgan fingerprint density at radius 1 is 1.37 bits per heavy atom. The third kappa shape index (κ3) is 4.46. The van der Waals surface area contributed by atoms with Crippen molar-refractivity contribution in [1.29, 1.82) is 0 Å². The molecule has 1 amide bonds.